The van der Waals surface area contributed by atoms with Crippen molar-refractivity contribution in [2.24, 2.45) is 0 Å². The lowest BCUT2D eigenvalue weighted by atomic mass is 10.1. The van der Waals surface area contributed by atoms with Crippen LogP contribution in [-0.2, 0) is 86.7 Å². The lowest BCUT2D eigenvalue weighted by Gasteiger charge is -2.08. The van der Waals surface area contributed by atoms with Crippen LogP contribution in [0, 0.1) is 0 Å². The first kappa shape index (κ1) is 98.9. The number of rotatable bonds is 29. The van der Waals surface area contributed by atoms with Gasteiger partial charge in [0.25, 0.3) is 0 Å². The highest BCUT2D eigenvalue weighted by molar-refractivity contribution is 6.35. The number of amides is 10. The third-order valence-corrected chi connectivity index (χ3v) is 17.0. The summed E-state index contributed by atoms with van der Waals surface area (Å²) in [7, 11) is 0. The van der Waals surface area contributed by atoms with Crippen LogP contribution in [0.25, 0.3) is 0 Å². The van der Waals surface area contributed by atoms with E-state index in [0.717, 1.165) is 71.8 Å². The van der Waals surface area contributed by atoms with Gasteiger partial charge in [-0.1, -0.05) is 36.4 Å². The SMILES string of the molecule is O=C(/C=C/C(=O)Nc1ccc(O)c(O)c1)Nc1ccc(O)c(O)c1.O=C(/C=C\C(=O)NCc1ccc(O)c(O)c1)NCc1ccc(O)c(O)c1.O=C(/C=C\C(=O)Nc1ccc(O)c(O)c1)Nc1ccc(O)c(O)c1.O=C(CCC(=O)NCCc1ccc(O)c(O)c1)NCCc1ccc(O)c(O)c1.O=C(NCCc1ccc(O)c(O)c1)C(=O)NCCc1ccc(O)c(O)c1. The molecule has 0 saturated carbocycles. The van der Waals surface area contributed by atoms with Crippen LogP contribution in [0.4, 0.5) is 22.7 Å². The van der Waals surface area contributed by atoms with E-state index in [4.69, 9.17) is 20.4 Å². The van der Waals surface area contributed by atoms with E-state index in [1.807, 2.05) is 0 Å². The molecule has 0 fully saturated rings. The Morgan fingerprint density at radius 3 is 0.586 bits per heavy atom. The van der Waals surface area contributed by atoms with Gasteiger partial charge >= 0.3 is 11.8 Å². The summed E-state index contributed by atoms with van der Waals surface area (Å²) in [6.07, 6.45) is 7.89. The van der Waals surface area contributed by atoms with Crippen LogP contribution < -0.4 is 53.2 Å². The Hall–Kier alpha value is -17.9. The maximum atomic E-state index is 11.8. The van der Waals surface area contributed by atoms with Gasteiger partial charge in [0.15, 0.2) is 115 Å². The molecule has 10 aromatic carbocycles. The van der Waals surface area contributed by atoms with Crippen molar-refractivity contribution in [3.8, 4) is 115 Å². The lowest BCUT2D eigenvalue weighted by molar-refractivity contribution is -0.139. The highest BCUT2D eigenvalue weighted by Crippen LogP contribution is 2.34. The highest BCUT2D eigenvalue weighted by Gasteiger charge is 2.16. The molecular weight excluding hydrogens is 1680 g/mol. The molecule has 30 N–H and O–H groups in total. The summed E-state index contributed by atoms with van der Waals surface area (Å²) in [5.74, 6) is -11.2. The Bertz CT molecular complexity index is 5250. The number of hydrogen-bond donors (Lipinski definition) is 30. The molecule has 0 saturated heterocycles. The van der Waals surface area contributed by atoms with Gasteiger partial charge < -0.3 is 155 Å². The Morgan fingerprint density at radius 1 is 0.195 bits per heavy atom. The van der Waals surface area contributed by atoms with Crippen molar-refractivity contribution in [2.45, 2.75) is 51.6 Å². The van der Waals surface area contributed by atoms with Crippen LogP contribution in [-0.4, -0.2) is 187 Å². The molecule has 10 aromatic rings. The number of benzene rings is 10. The summed E-state index contributed by atoms with van der Waals surface area (Å²) in [5, 5.41) is 211. The average Bonchev–Trinajstić information content (AvgIpc) is 0.873. The molecule has 40 heteroatoms. The van der Waals surface area contributed by atoms with Crippen molar-refractivity contribution in [3.05, 3.63) is 252 Å². The van der Waals surface area contributed by atoms with Gasteiger partial charge in [0, 0.05) is 136 Å². The Balaban J connectivity index is 0.000000247. The van der Waals surface area contributed by atoms with Crippen molar-refractivity contribution >= 4 is 81.8 Å². The summed E-state index contributed by atoms with van der Waals surface area (Å²) >= 11 is 0. The Kier molecular flexibility index (Phi) is 38.5. The van der Waals surface area contributed by atoms with Crippen LogP contribution in [0.15, 0.2) is 218 Å². The summed E-state index contributed by atoms with van der Waals surface area (Å²) in [4.78, 5) is 117. The predicted octanol–water partition coefficient (Wildman–Crippen LogP) is 6.12. The van der Waals surface area contributed by atoms with Gasteiger partial charge in [-0.15, -0.1) is 0 Å². The molecule has 40 nitrogen and oxygen atoms in total. The van der Waals surface area contributed by atoms with Crippen LogP contribution in [0.3, 0.4) is 0 Å². The number of carbonyl (C=O) groups is 10. The molecule has 0 spiro atoms. The molecule has 672 valence electrons. The van der Waals surface area contributed by atoms with E-state index >= 15 is 0 Å². The zero-order chi connectivity index (χ0) is 94.1. The van der Waals surface area contributed by atoms with Crippen molar-refractivity contribution in [2.75, 3.05) is 47.4 Å². The number of nitrogens with one attached hydrogen (secondary N) is 10. The second-order valence-corrected chi connectivity index (χ2v) is 26.9. The van der Waals surface area contributed by atoms with Crippen LogP contribution in [0.5, 0.6) is 115 Å². The zero-order valence-corrected chi connectivity index (χ0v) is 67.3. The number of hydrogen-bond acceptors (Lipinski definition) is 30. The second-order valence-electron chi connectivity index (χ2n) is 26.9. The maximum Gasteiger partial charge on any atom is 0.309 e. The fourth-order valence-electron chi connectivity index (χ4n) is 10.2. The quantitative estimate of drug-likeness (QED) is 0.0109. The molecule has 0 unspecified atom stereocenters. The Morgan fingerprint density at radius 2 is 0.375 bits per heavy atom. The minimum atomic E-state index is -0.776. The molecule has 10 rings (SSSR count). The third-order valence-electron chi connectivity index (χ3n) is 17.0. The maximum absolute atomic E-state index is 11.8. The minimum Gasteiger partial charge on any atom is -0.504 e. The molecule has 0 atom stereocenters. The standard InChI is InChI=1S/C20H24N2O6.C18H20N2O6.C18H18N2O6.2C16H14N2O6/c23-15-3-1-13(11-17(15)25)7-9-21-19(27)5-6-20(28)22-10-8-14-2-4-16(24)18(26)12-14;21-13-3-1-11(9-15(13)23)5-7-19-17(25)18(26)20-8-6-12-2-4-14(22)16(24)10-12;21-13-3-1-11(7-15(13)23)9-19-17(25)5-6-18(26)20-10-12-2-4-14(22)16(24)8-12;2*19-11-3-1-9(7-13(11)21)17-15(23)5-6-16(24)18-10-2-4-12(20)14(22)8-10/h1-4,11-12,23-26H,5-10H2,(H,21,27)(H,22,28);1-4,9-10,21-24H,5-8H2,(H,19,25)(H,20,26);1-8,21-24H,9-10H2,(H,19,25)(H,20,26);2*1-8,19-22H,(H,17,23)(H,18,24)/b;;6-5-;6-5+;6-5-. The smallest absolute Gasteiger partial charge is 0.309 e. The molecule has 0 aromatic heterocycles. The fraction of sp³-hybridized carbons (Fsp3) is 0.136. The number of anilines is 4. The molecular formula is C88H90N10O30. The number of phenols is 20. The largest absolute Gasteiger partial charge is 0.504 e. The topological polar surface area (TPSA) is 696 Å². The number of aromatic hydroxyl groups is 20. The van der Waals surface area contributed by atoms with E-state index in [2.05, 4.69) is 53.2 Å². The van der Waals surface area contributed by atoms with E-state index in [-0.39, 0.29) is 189 Å². The number of carbonyl (C=O) groups excluding carboxylic acids is 10. The first-order valence-electron chi connectivity index (χ1n) is 37.8. The summed E-state index contributed by atoms with van der Waals surface area (Å²) in [5.41, 5.74) is 5.07. The van der Waals surface area contributed by atoms with Crippen LogP contribution >= 0.6 is 0 Å². The van der Waals surface area contributed by atoms with Gasteiger partial charge in [-0.05, 0) is 180 Å². The van der Waals surface area contributed by atoms with E-state index in [0.29, 0.717) is 61.0 Å². The molecule has 0 bridgehead atoms. The molecule has 0 radical (unpaired) electrons. The second kappa shape index (κ2) is 49.8. The van der Waals surface area contributed by atoms with Crippen molar-refractivity contribution < 1.29 is 150 Å². The lowest BCUT2D eigenvalue weighted by Crippen LogP contribution is -2.41. The molecule has 0 aliphatic heterocycles. The zero-order valence-electron chi connectivity index (χ0n) is 67.3. The molecule has 128 heavy (non-hydrogen) atoms. The monoisotopic (exact) mass is 1770 g/mol. The first-order valence-corrected chi connectivity index (χ1v) is 37.8. The normalized spacial score (nSPS) is 10.5. The average molecular weight is 1770 g/mol. The summed E-state index contributed by atoms with van der Waals surface area (Å²) in [6, 6.07) is 40.9. The fourth-order valence-corrected chi connectivity index (χ4v) is 10.2. The van der Waals surface area contributed by atoms with E-state index in [9.17, 15) is 130 Å². The van der Waals surface area contributed by atoms with Gasteiger partial charge in [-0.25, -0.2) is 0 Å². The summed E-state index contributed by atoms with van der Waals surface area (Å²) in [6.45, 7) is 1.34. The van der Waals surface area contributed by atoms with E-state index < -0.39 is 47.3 Å². The minimum absolute atomic E-state index is 0.0622. The van der Waals surface area contributed by atoms with Gasteiger partial charge in [0.2, 0.25) is 47.3 Å². The molecule has 0 heterocycles. The van der Waals surface area contributed by atoms with Crippen molar-refractivity contribution in [1.29, 1.82) is 0 Å². The van der Waals surface area contributed by atoms with Gasteiger partial charge in [0.05, 0.1) is 0 Å². The summed E-state index contributed by atoms with van der Waals surface area (Å²) < 4.78 is 0. The molecule has 0 aliphatic rings. The Labute approximate surface area is 726 Å². The van der Waals surface area contributed by atoms with Crippen LogP contribution in [0.1, 0.15) is 46.2 Å². The first-order chi connectivity index (χ1) is 60.7. The highest BCUT2D eigenvalue weighted by atomic mass is 16.3. The van der Waals surface area contributed by atoms with Crippen LogP contribution in [0.2, 0.25) is 0 Å². The molecule has 10 amide bonds. The number of phenolic OH excluding ortho intramolecular Hbond substituents is 20. The third kappa shape index (κ3) is 35.8. The van der Waals surface area contributed by atoms with Gasteiger partial charge in [0.1, 0.15) is 0 Å². The van der Waals surface area contributed by atoms with Crippen molar-refractivity contribution in [3.63, 3.8) is 0 Å². The van der Waals surface area contributed by atoms with Gasteiger partial charge in [-0.2, -0.15) is 0 Å². The predicted molar refractivity (Wildman–Crippen MR) is 459 cm³/mol. The van der Waals surface area contributed by atoms with E-state index in [1.54, 1.807) is 36.4 Å². The van der Waals surface area contributed by atoms with Crippen molar-refractivity contribution in [1.82, 2.24) is 31.9 Å². The van der Waals surface area contributed by atoms with Gasteiger partial charge in [-0.3, -0.25) is 47.9 Å². The molecule has 0 aliphatic carbocycles. The van der Waals surface area contributed by atoms with E-state index in [1.165, 1.54) is 121 Å².